The van der Waals surface area contributed by atoms with E-state index in [1.54, 1.807) is 18.2 Å². The van der Waals surface area contributed by atoms with Crippen LogP contribution in [0.3, 0.4) is 0 Å². The molecule has 0 aliphatic heterocycles. The van der Waals surface area contributed by atoms with Gasteiger partial charge in [-0.25, -0.2) is 4.39 Å². The summed E-state index contributed by atoms with van der Waals surface area (Å²) in [5.74, 6) is -0.310. The van der Waals surface area contributed by atoms with E-state index in [1.165, 1.54) is 18.3 Å². The fourth-order valence-electron chi connectivity index (χ4n) is 1.56. The van der Waals surface area contributed by atoms with Gasteiger partial charge in [-0.1, -0.05) is 18.2 Å². The maximum Gasteiger partial charge on any atom is 0.219 e. The zero-order valence-electron chi connectivity index (χ0n) is 9.43. The Balaban J connectivity index is 2.34. The van der Waals surface area contributed by atoms with E-state index in [2.05, 4.69) is 0 Å². The average Bonchev–Trinajstić information content (AvgIpc) is 2.32. The van der Waals surface area contributed by atoms with Gasteiger partial charge in [0.25, 0.3) is 0 Å². The molecular formula is C14H12FNO. The first-order valence-electron chi connectivity index (χ1n) is 5.29. The van der Waals surface area contributed by atoms with E-state index >= 15 is 0 Å². The molecule has 0 atom stereocenters. The summed E-state index contributed by atoms with van der Waals surface area (Å²) < 4.78 is 13.5. The fourth-order valence-corrected chi connectivity index (χ4v) is 1.56. The minimum Gasteiger partial charge on any atom is -0.618 e. The van der Waals surface area contributed by atoms with E-state index < -0.39 is 0 Å². The minimum atomic E-state index is -0.310. The van der Waals surface area contributed by atoms with Gasteiger partial charge in [0, 0.05) is 17.2 Å². The van der Waals surface area contributed by atoms with Crippen molar-refractivity contribution in [1.29, 1.82) is 0 Å². The molecular weight excluding hydrogens is 217 g/mol. The van der Waals surface area contributed by atoms with E-state index in [-0.39, 0.29) is 5.82 Å². The Hall–Kier alpha value is -2.16. The van der Waals surface area contributed by atoms with Gasteiger partial charge in [-0.15, -0.1) is 0 Å². The molecule has 0 fully saturated rings. The summed E-state index contributed by atoms with van der Waals surface area (Å²) in [6, 6.07) is 13.1. The Bertz CT molecular complexity index is 546. The van der Waals surface area contributed by atoms with E-state index in [0.717, 1.165) is 10.3 Å². The molecule has 3 heteroatoms. The van der Waals surface area contributed by atoms with Crippen molar-refractivity contribution in [2.24, 2.45) is 0 Å². The second-order valence-corrected chi connectivity index (χ2v) is 3.79. The van der Waals surface area contributed by atoms with Gasteiger partial charge in [-0.05, 0) is 31.2 Å². The molecule has 0 aliphatic carbocycles. The minimum absolute atomic E-state index is 0.310. The number of halogens is 1. The highest BCUT2D eigenvalue weighted by Crippen LogP contribution is 2.16. The summed E-state index contributed by atoms with van der Waals surface area (Å²) in [6.45, 7) is 1.87. The number of benzene rings is 2. The standard InChI is InChI=1S/C14H12FNO/c1-11-4-2-3-5-14(11)16(17)10-12-6-8-13(15)9-7-12/h2-10H,1H3. The Morgan fingerprint density at radius 3 is 2.35 bits per heavy atom. The second-order valence-electron chi connectivity index (χ2n) is 3.79. The molecule has 2 nitrogen and oxygen atoms in total. The molecule has 0 bridgehead atoms. The molecule has 0 saturated carbocycles. The van der Waals surface area contributed by atoms with E-state index in [9.17, 15) is 9.60 Å². The maximum atomic E-state index is 12.7. The fraction of sp³-hybridized carbons (Fsp3) is 0.0714. The van der Waals surface area contributed by atoms with Crippen molar-refractivity contribution in [2.45, 2.75) is 6.92 Å². The van der Waals surface area contributed by atoms with Crippen molar-refractivity contribution >= 4 is 11.9 Å². The Labute approximate surface area is 99.2 Å². The Morgan fingerprint density at radius 1 is 1.06 bits per heavy atom. The van der Waals surface area contributed by atoms with Gasteiger partial charge in [0.1, 0.15) is 5.82 Å². The third-order valence-corrected chi connectivity index (χ3v) is 2.49. The van der Waals surface area contributed by atoms with Gasteiger partial charge in [0.2, 0.25) is 5.69 Å². The molecule has 0 unspecified atom stereocenters. The topological polar surface area (TPSA) is 26.1 Å². The monoisotopic (exact) mass is 229 g/mol. The molecule has 2 aromatic carbocycles. The summed E-state index contributed by atoms with van der Waals surface area (Å²) in [4.78, 5) is 0. The molecule has 0 N–H and O–H groups in total. The number of nitrogens with zero attached hydrogens (tertiary/aromatic N) is 1. The van der Waals surface area contributed by atoms with Gasteiger partial charge in [-0.2, -0.15) is 4.74 Å². The Morgan fingerprint density at radius 2 is 1.71 bits per heavy atom. The van der Waals surface area contributed by atoms with Crippen LogP contribution in [0.25, 0.3) is 0 Å². The number of para-hydroxylation sites is 1. The molecule has 0 spiro atoms. The number of hydrogen-bond acceptors (Lipinski definition) is 1. The lowest BCUT2D eigenvalue weighted by atomic mass is 10.2. The first-order chi connectivity index (χ1) is 8.16. The predicted molar refractivity (Wildman–Crippen MR) is 66.0 cm³/mol. The third-order valence-electron chi connectivity index (χ3n) is 2.49. The van der Waals surface area contributed by atoms with Crippen LogP contribution < -0.4 is 0 Å². The molecule has 0 radical (unpaired) electrons. The molecule has 0 aromatic heterocycles. The first kappa shape index (κ1) is 11.3. The number of hydrogen-bond donors (Lipinski definition) is 0. The zero-order chi connectivity index (χ0) is 12.3. The highest BCUT2D eigenvalue weighted by Gasteiger charge is 2.04. The SMILES string of the molecule is Cc1ccccc1[N+]([O-])=Cc1ccc(F)cc1. The summed E-state index contributed by atoms with van der Waals surface area (Å²) in [5, 5.41) is 11.9. The van der Waals surface area contributed by atoms with Gasteiger partial charge in [0.15, 0.2) is 6.21 Å². The lowest BCUT2D eigenvalue weighted by Crippen LogP contribution is -2.00. The van der Waals surface area contributed by atoms with Crippen LogP contribution in [0, 0.1) is 17.9 Å². The molecule has 17 heavy (non-hydrogen) atoms. The van der Waals surface area contributed by atoms with Crippen LogP contribution in [-0.2, 0) is 0 Å². The lowest BCUT2D eigenvalue weighted by Gasteiger charge is -2.05. The van der Waals surface area contributed by atoms with Gasteiger partial charge in [0.05, 0.1) is 0 Å². The van der Waals surface area contributed by atoms with Crippen molar-refractivity contribution in [3.05, 3.63) is 70.7 Å². The van der Waals surface area contributed by atoms with Gasteiger partial charge in [-0.3, -0.25) is 0 Å². The lowest BCUT2D eigenvalue weighted by molar-refractivity contribution is -0.355. The maximum absolute atomic E-state index is 12.7. The van der Waals surface area contributed by atoms with Crippen LogP contribution in [0.4, 0.5) is 10.1 Å². The zero-order valence-corrected chi connectivity index (χ0v) is 9.43. The van der Waals surface area contributed by atoms with Crippen LogP contribution >= 0.6 is 0 Å². The van der Waals surface area contributed by atoms with Gasteiger partial charge < -0.3 is 5.21 Å². The number of aryl methyl sites for hydroxylation is 1. The Kier molecular flexibility index (Phi) is 3.19. The molecule has 0 amide bonds. The van der Waals surface area contributed by atoms with Crippen LogP contribution in [0.15, 0.2) is 48.5 Å². The van der Waals surface area contributed by atoms with E-state index in [0.29, 0.717) is 11.3 Å². The van der Waals surface area contributed by atoms with Crippen molar-refractivity contribution in [2.75, 3.05) is 0 Å². The molecule has 2 rings (SSSR count). The van der Waals surface area contributed by atoms with Crippen LogP contribution in [0.1, 0.15) is 11.1 Å². The van der Waals surface area contributed by atoms with Crippen molar-refractivity contribution < 1.29 is 9.13 Å². The van der Waals surface area contributed by atoms with E-state index in [4.69, 9.17) is 0 Å². The van der Waals surface area contributed by atoms with Crippen molar-refractivity contribution in [3.8, 4) is 0 Å². The van der Waals surface area contributed by atoms with Crippen molar-refractivity contribution in [3.63, 3.8) is 0 Å². The average molecular weight is 229 g/mol. The highest BCUT2D eigenvalue weighted by atomic mass is 19.1. The summed E-state index contributed by atoms with van der Waals surface area (Å²) in [5.41, 5.74) is 2.17. The smallest absolute Gasteiger partial charge is 0.219 e. The first-order valence-corrected chi connectivity index (χ1v) is 5.29. The quantitative estimate of drug-likeness (QED) is 0.335. The summed E-state index contributed by atoms with van der Waals surface area (Å²) >= 11 is 0. The van der Waals surface area contributed by atoms with Crippen LogP contribution in [0.2, 0.25) is 0 Å². The highest BCUT2D eigenvalue weighted by molar-refractivity contribution is 5.76. The van der Waals surface area contributed by atoms with Crippen LogP contribution in [-0.4, -0.2) is 11.0 Å². The molecule has 0 aliphatic rings. The number of rotatable bonds is 2. The molecule has 0 saturated heterocycles. The van der Waals surface area contributed by atoms with Crippen LogP contribution in [0.5, 0.6) is 0 Å². The summed E-state index contributed by atoms with van der Waals surface area (Å²) in [7, 11) is 0. The normalized spacial score (nSPS) is 11.5. The predicted octanol–water partition coefficient (Wildman–Crippen LogP) is 3.40. The second kappa shape index (κ2) is 4.78. The van der Waals surface area contributed by atoms with Crippen molar-refractivity contribution in [1.82, 2.24) is 0 Å². The molecule has 2 aromatic rings. The van der Waals surface area contributed by atoms with Gasteiger partial charge >= 0.3 is 0 Å². The van der Waals surface area contributed by atoms with E-state index in [1.807, 2.05) is 25.1 Å². The summed E-state index contributed by atoms with van der Waals surface area (Å²) in [6.07, 6.45) is 1.43. The molecule has 0 heterocycles. The largest absolute Gasteiger partial charge is 0.618 e. The molecule has 86 valence electrons. The third kappa shape index (κ3) is 2.69.